The first kappa shape index (κ1) is 14.0. The quantitative estimate of drug-likeness (QED) is 0.424. The highest BCUT2D eigenvalue weighted by atomic mass is 32.2. The van der Waals surface area contributed by atoms with Crippen LogP contribution in [0.1, 0.15) is 19.8 Å². The van der Waals surface area contributed by atoms with Crippen LogP contribution in [0.4, 0.5) is 0 Å². The Morgan fingerprint density at radius 1 is 1.36 bits per heavy atom. The molecule has 0 aromatic carbocycles. The predicted octanol–water partition coefficient (Wildman–Crippen LogP) is 2.31. The number of hydrogen-bond acceptors (Lipinski definition) is 3. The fourth-order valence-corrected chi connectivity index (χ4v) is 1.55. The largest absolute Gasteiger partial charge is 0.380 e. The SMILES string of the molecule is C=CCSCCNCCOCCCC. The van der Waals surface area contributed by atoms with Crippen molar-refractivity contribution in [1.82, 2.24) is 5.32 Å². The van der Waals surface area contributed by atoms with Gasteiger partial charge in [-0.1, -0.05) is 19.4 Å². The van der Waals surface area contributed by atoms with E-state index in [1.807, 2.05) is 17.8 Å². The molecule has 0 aliphatic heterocycles. The molecule has 84 valence electrons. The highest BCUT2D eigenvalue weighted by Gasteiger charge is 1.89. The fourth-order valence-electron chi connectivity index (χ4n) is 0.929. The maximum absolute atomic E-state index is 5.42. The van der Waals surface area contributed by atoms with Crippen LogP contribution in [0.25, 0.3) is 0 Å². The van der Waals surface area contributed by atoms with Crippen LogP contribution in [0.3, 0.4) is 0 Å². The van der Waals surface area contributed by atoms with Gasteiger partial charge in [0.05, 0.1) is 6.61 Å². The minimum atomic E-state index is 0.839. The number of rotatable bonds is 11. The van der Waals surface area contributed by atoms with Gasteiger partial charge < -0.3 is 10.1 Å². The van der Waals surface area contributed by atoms with E-state index in [0.29, 0.717) is 0 Å². The molecule has 0 amide bonds. The van der Waals surface area contributed by atoms with E-state index in [0.717, 1.165) is 37.8 Å². The summed E-state index contributed by atoms with van der Waals surface area (Å²) in [6, 6.07) is 0. The van der Waals surface area contributed by atoms with Gasteiger partial charge >= 0.3 is 0 Å². The lowest BCUT2D eigenvalue weighted by Gasteiger charge is -2.04. The summed E-state index contributed by atoms with van der Waals surface area (Å²) in [7, 11) is 0. The average Bonchev–Trinajstić information content (AvgIpc) is 2.21. The molecule has 0 radical (unpaired) electrons. The molecule has 0 aromatic rings. The van der Waals surface area contributed by atoms with Gasteiger partial charge in [-0.05, 0) is 6.42 Å². The Balaban J connectivity index is 2.81. The van der Waals surface area contributed by atoms with Gasteiger partial charge in [0.25, 0.3) is 0 Å². The number of unbranched alkanes of at least 4 members (excludes halogenated alkanes) is 1. The molecule has 0 aromatic heterocycles. The van der Waals surface area contributed by atoms with Crippen LogP contribution < -0.4 is 5.32 Å². The summed E-state index contributed by atoms with van der Waals surface area (Å²) in [5, 5.41) is 3.34. The molecule has 14 heavy (non-hydrogen) atoms. The Kier molecular flexibility index (Phi) is 13.0. The van der Waals surface area contributed by atoms with Crippen molar-refractivity contribution >= 4 is 11.8 Å². The zero-order valence-electron chi connectivity index (χ0n) is 9.26. The molecular formula is C11H23NOS. The van der Waals surface area contributed by atoms with Crippen molar-refractivity contribution in [1.29, 1.82) is 0 Å². The smallest absolute Gasteiger partial charge is 0.0590 e. The first-order valence-corrected chi connectivity index (χ1v) is 6.54. The highest BCUT2D eigenvalue weighted by Crippen LogP contribution is 1.96. The van der Waals surface area contributed by atoms with Crippen LogP contribution in [0.5, 0.6) is 0 Å². The summed E-state index contributed by atoms with van der Waals surface area (Å²) in [5.41, 5.74) is 0. The van der Waals surface area contributed by atoms with Crippen molar-refractivity contribution in [2.24, 2.45) is 0 Å². The Morgan fingerprint density at radius 3 is 2.93 bits per heavy atom. The molecule has 3 heteroatoms. The van der Waals surface area contributed by atoms with Gasteiger partial charge in [-0.3, -0.25) is 0 Å². The third-order valence-electron chi connectivity index (χ3n) is 1.72. The molecule has 0 saturated carbocycles. The van der Waals surface area contributed by atoms with Crippen molar-refractivity contribution in [3.05, 3.63) is 12.7 Å². The Bertz CT molecular complexity index is 120. The summed E-state index contributed by atoms with van der Waals surface area (Å²) in [4.78, 5) is 0. The summed E-state index contributed by atoms with van der Waals surface area (Å²) in [6.07, 6.45) is 4.33. The van der Waals surface area contributed by atoms with E-state index in [9.17, 15) is 0 Å². The van der Waals surface area contributed by atoms with Crippen LogP contribution in [-0.2, 0) is 4.74 Å². The lowest BCUT2D eigenvalue weighted by Crippen LogP contribution is -2.22. The van der Waals surface area contributed by atoms with E-state index in [4.69, 9.17) is 4.74 Å². The summed E-state index contributed by atoms with van der Waals surface area (Å²) in [6.45, 7) is 9.64. The molecule has 0 aliphatic rings. The molecule has 0 spiro atoms. The summed E-state index contributed by atoms with van der Waals surface area (Å²) < 4.78 is 5.42. The maximum Gasteiger partial charge on any atom is 0.0590 e. The molecule has 0 fully saturated rings. The molecular weight excluding hydrogens is 194 g/mol. The number of ether oxygens (including phenoxy) is 1. The maximum atomic E-state index is 5.42. The molecule has 0 bridgehead atoms. The van der Waals surface area contributed by atoms with E-state index >= 15 is 0 Å². The number of thioether (sulfide) groups is 1. The van der Waals surface area contributed by atoms with Crippen molar-refractivity contribution < 1.29 is 4.74 Å². The van der Waals surface area contributed by atoms with Gasteiger partial charge in [-0.15, -0.1) is 6.58 Å². The minimum Gasteiger partial charge on any atom is -0.380 e. The fraction of sp³-hybridized carbons (Fsp3) is 0.818. The van der Waals surface area contributed by atoms with Crippen molar-refractivity contribution in [2.75, 3.05) is 37.8 Å². The molecule has 1 N–H and O–H groups in total. The van der Waals surface area contributed by atoms with Crippen molar-refractivity contribution in [3.8, 4) is 0 Å². The van der Waals surface area contributed by atoms with E-state index in [-0.39, 0.29) is 0 Å². The average molecular weight is 217 g/mol. The van der Waals surface area contributed by atoms with Gasteiger partial charge in [-0.2, -0.15) is 11.8 Å². The Morgan fingerprint density at radius 2 is 2.21 bits per heavy atom. The summed E-state index contributed by atoms with van der Waals surface area (Å²) in [5.74, 6) is 2.20. The van der Waals surface area contributed by atoms with Crippen LogP contribution >= 0.6 is 11.8 Å². The number of hydrogen-bond donors (Lipinski definition) is 1. The topological polar surface area (TPSA) is 21.3 Å². The second-order valence-corrected chi connectivity index (χ2v) is 4.23. The first-order chi connectivity index (χ1) is 6.91. The van der Waals surface area contributed by atoms with Gasteiger partial charge in [0.1, 0.15) is 0 Å². The number of nitrogens with one attached hydrogen (secondary N) is 1. The van der Waals surface area contributed by atoms with Crippen molar-refractivity contribution in [2.45, 2.75) is 19.8 Å². The predicted molar refractivity (Wildman–Crippen MR) is 66.1 cm³/mol. The third kappa shape index (κ3) is 12.0. The molecule has 0 unspecified atom stereocenters. The van der Waals surface area contributed by atoms with E-state index in [2.05, 4.69) is 18.8 Å². The molecule has 0 saturated heterocycles. The normalized spacial score (nSPS) is 10.4. The molecule has 2 nitrogen and oxygen atoms in total. The van der Waals surface area contributed by atoms with Crippen LogP contribution in [0.15, 0.2) is 12.7 Å². The lowest BCUT2D eigenvalue weighted by molar-refractivity contribution is 0.133. The zero-order valence-corrected chi connectivity index (χ0v) is 10.1. The van der Waals surface area contributed by atoms with Crippen LogP contribution in [0, 0.1) is 0 Å². The van der Waals surface area contributed by atoms with Crippen LogP contribution in [-0.4, -0.2) is 37.8 Å². The van der Waals surface area contributed by atoms with Gasteiger partial charge in [0.15, 0.2) is 0 Å². The highest BCUT2D eigenvalue weighted by molar-refractivity contribution is 7.99. The Labute approximate surface area is 92.5 Å². The summed E-state index contributed by atoms with van der Waals surface area (Å²) >= 11 is 1.90. The minimum absolute atomic E-state index is 0.839. The van der Waals surface area contributed by atoms with Gasteiger partial charge in [-0.25, -0.2) is 0 Å². The molecule has 0 rings (SSSR count). The molecule has 0 aliphatic carbocycles. The third-order valence-corrected chi connectivity index (χ3v) is 2.69. The Hall–Kier alpha value is 0.01000. The van der Waals surface area contributed by atoms with Crippen molar-refractivity contribution in [3.63, 3.8) is 0 Å². The lowest BCUT2D eigenvalue weighted by atomic mass is 10.4. The second kappa shape index (κ2) is 13.0. The molecule has 0 heterocycles. The standard InChI is InChI=1S/C11H23NOS/c1-3-5-8-13-9-6-12-7-11-14-10-4-2/h4,12H,2-3,5-11H2,1H3. The first-order valence-electron chi connectivity index (χ1n) is 5.39. The second-order valence-electron chi connectivity index (χ2n) is 3.08. The van der Waals surface area contributed by atoms with Crippen LogP contribution in [0.2, 0.25) is 0 Å². The van der Waals surface area contributed by atoms with Gasteiger partial charge in [0, 0.05) is 31.2 Å². The zero-order chi connectivity index (χ0) is 10.5. The molecule has 0 atom stereocenters. The van der Waals surface area contributed by atoms with E-state index in [1.54, 1.807) is 0 Å². The van der Waals surface area contributed by atoms with E-state index in [1.165, 1.54) is 12.8 Å². The van der Waals surface area contributed by atoms with Gasteiger partial charge in [0.2, 0.25) is 0 Å². The van der Waals surface area contributed by atoms with E-state index < -0.39 is 0 Å². The monoisotopic (exact) mass is 217 g/mol.